The van der Waals surface area contributed by atoms with Gasteiger partial charge in [-0.2, -0.15) is 0 Å². The third-order valence-corrected chi connectivity index (χ3v) is 6.91. The van der Waals surface area contributed by atoms with Gasteiger partial charge >= 0.3 is 0 Å². The van der Waals surface area contributed by atoms with E-state index in [0.717, 1.165) is 17.9 Å². The van der Waals surface area contributed by atoms with Crippen molar-refractivity contribution in [3.63, 3.8) is 0 Å². The number of aryl methyl sites for hydroxylation is 1. The Bertz CT molecular complexity index is 1220. The predicted octanol–water partition coefficient (Wildman–Crippen LogP) is 5.48. The fraction of sp³-hybridized carbons (Fsp3) is 0.190. The fourth-order valence-corrected chi connectivity index (χ4v) is 5.09. The van der Waals surface area contributed by atoms with Crippen molar-refractivity contribution < 1.29 is 13.2 Å². The van der Waals surface area contributed by atoms with E-state index < -0.39 is 10.0 Å². The molecule has 0 aliphatic heterocycles. The zero-order valence-corrected chi connectivity index (χ0v) is 19.0. The fourth-order valence-electron chi connectivity index (χ4n) is 3.25. The molecule has 1 aromatic heterocycles. The highest BCUT2D eigenvalue weighted by molar-refractivity contribution is 7.92. The van der Waals surface area contributed by atoms with Crippen molar-refractivity contribution in [2.45, 2.75) is 32.2 Å². The van der Waals surface area contributed by atoms with Crippen LogP contribution in [-0.4, -0.2) is 18.9 Å². The van der Waals surface area contributed by atoms with Crippen molar-refractivity contribution in [2.24, 2.45) is 0 Å². The Morgan fingerprint density at radius 2 is 1.73 bits per heavy atom. The molecule has 30 heavy (non-hydrogen) atoms. The van der Waals surface area contributed by atoms with Gasteiger partial charge in [0.15, 0.2) is 0 Å². The number of carbonyl (C=O) groups is 1. The van der Waals surface area contributed by atoms with E-state index in [-0.39, 0.29) is 26.5 Å². The molecular formula is C21H21Cl2N3O3S. The minimum atomic E-state index is -4.03. The first kappa shape index (κ1) is 22.2. The first-order chi connectivity index (χ1) is 14.1. The van der Waals surface area contributed by atoms with E-state index in [0.29, 0.717) is 11.3 Å². The second kappa shape index (κ2) is 8.71. The molecule has 6 nitrogen and oxygen atoms in total. The van der Waals surface area contributed by atoms with Gasteiger partial charge in [-0.1, -0.05) is 35.3 Å². The van der Waals surface area contributed by atoms with Gasteiger partial charge in [-0.3, -0.25) is 9.52 Å². The first-order valence-corrected chi connectivity index (χ1v) is 11.4. The highest BCUT2D eigenvalue weighted by atomic mass is 35.5. The Balaban J connectivity index is 1.90. The number of hydrogen-bond acceptors (Lipinski definition) is 3. The number of halogens is 2. The summed E-state index contributed by atoms with van der Waals surface area (Å²) in [6.45, 7) is 6.56. The van der Waals surface area contributed by atoms with Crippen LogP contribution in [0.3, 0.4) is 0 Å². The Hall–Kier alpha value is -2.48. The van der Waals surface area contributed by atoms with Gasteiger partial charge in [0, 0.05) is 23.6 Å². The number of amides is 1. The van der Waals surface area contributed by atoms with Crippen molar-refractivity contribution >= 4 is 50.5 Å². The SMILES string of the molecule is CCn1c(C)cc(C(=O)Nc2ccc(Cl)c(S(=O)(=O)Nc3ccccc3Cl)c2)c1C. The molecule has 0 aliphatic carbocycles. The maximum Gasteiger partial charge on any atom is 0.263 e. The minimum Gasteiger partial charge on any atom is -0.349 e. The normalized spacial score (nSPS) is 11.4. The van der Waals surface area contributed by atoms with Gasteiger partial charge < -0.3 is 9.88 Å². The van der Waals surface area contributed by atoms with Gasteiger partial charge in [-0.15, -0.1) is 0 Å². The Kier molecular flexibility index (Phi) is 6.45. The number of carbonyl (C=O) groups excluding carboxylic acids is 1. The molecule has 1 heterocycles. The number of nitrogens with zero attached hydrogens (tertiary/aromatic N) is 1. The van der Waals surface area contributed by atoms with Crippen molar-refractivity contribution in [2.75, 3.05) is 10.0 Å². The van der Waals surface area contributed by atoms with Crippen LogP contribution in [0.5, 0.6) is 0 Å². The van der Waals surface area contributed by atoms with Crippen molar-refractivity contribution in [3.05, 3.63) is 75.5 Å². The van der Waals surface area contributed by atoms with E-state index in [1.54, 1.807) is 36.4 Å². The minimum absolute atomic E-state index is 0.0247. The summed E-state index contributed by atoms with van der Waals surface area (Å²) in [7, 11) is -4.03. The van der Waals surface area contributed by atoms with E-state index in [1.165, 1.54) is 12.1 Å². The molecule has 3 aromatic rings. The van der Waals surface area contributed by atoms with Crippen LogP contribution in [0.15, 0.2) is 53.4 Å². The van der Waals surface area contributed by atoms with Crippen LogP contribution in [0, 0.1) is 13.8 Å². The summed E-state index contributed by atoms with van der Waals surface area (Å²) in [6, 6.07) is 12.6. The summed E-state index contributed by atoms with van der Waals surface area (Å²) in [4.78, 5) is 12.6. The average molecular weight is 466 g/mol. The highest BCUT2D eigenvalue weighted by Gasteiger charge is 2.21. The third kappa shape index (κ3) is 4.48. The molecule has 0 aliphatic rings. The molecule has 0 fully saturated rings. The molecule has 158 valence electrons. The Labute approximate surface area is 185 Å². The molecule has 9 heteroatoms. The molecule has 2 aromatic carbocycles. The lowest BCUT2D eigenvalue weighted by molar-refractivity contribution is 0.102. The van der Waals surface area contributed by atoms with Gasteiger partial charge in [-0.05, 0) is 57.2 Å². The first-order valence-electron chi connectivity index (χ1n) is 9.19. The number of hydrogen-bond donors (Lipinski definition) is 2. The van der Waals surface area contributed by atoms with Gasteiger partial charge in [0.05, 0.1) is 21.3 Å². The van der Waals surface area contributed by atoms with Gasteiger partial charge in [-0.25, -0.2) is 8.42 Å². The Morgan fingerprint density at radius 3 is 2.37 bits per heavy atom. The van der Waals surface area contributed by atoms with Crippen LogP contribution in [0.25, 0.3) is 0 Å². The molecular weight excluding hydrogens is 445 g/mol. The zero-order chi connectivity index (χ0) is 22.1. The van der Waals surface area contributed by atoms with E-state index in [1.807, 2.05) is 25.3 Å². The third-order valence-electron chi connectivity index (χ3n) is 4.73. The molecule has 0 spiro atoms. The quantitative estimate of drug-likeness (QED) is 0.505. The summed E-state index contributed by atoms with van der Waals surface area (Å²) in [5.41, 5.74) is 2.89. The topological polar surface area (TPSA) is 80.2 Å². The second-order valence-corrected chi connectivity index (χ2v) is 9.18. The van der Waals surface area contributed by atoms with Gasteiger partial charge in [0.25, 0.3) is 15.9 Å². The number of para-hydroxylation sites is 1. The number of anilines is 2. The lowest BCUT2D eigenvalue weighted by Crippen LogP contribution is -2.16. The van der Waals surface area contributed by atoms with Gasteiger partial charge in [0.2, 0.25) is 0 Å². The van der Waals surface area contributed by atoms with E-state index in [2.05, 4.69) is 10.0 Å². The smallest absolute Gasteiger partial charge is 0.263 e. The summed E-state index contributed by atoms with van der Waals surface area (Å²) in [6.07, 6.45) is 0. The van der Waals surface area contributed by atoms with Crippen molar-refractivity contribution in [3.8, 4) is 0 Å². The number of rotatable bonds is 6. The Morgan fingerprint density at radius 1 is 1.03 bits per heavy atom. The van der Waals surface area contributed by atoms with Crippen LogP contribution in [0.4, 0.5) is 11.4 Å². The van der Waals surface area contributed by atoms with Crippen LogP contribution < -0.4 is 10.0 Å². The largest absolute Gasteiger partial charge is 0.349 e. The molecule has 0 saturated carbocycles. The molecule has 0 saturated heterocycles. The van der Waals surface area contributed by atoms with E-state index in [4.69, 9.17) is 23.2 Å². The lowest BCUT2D eigenvalue weighted by atomic mass is 10.2. The van der Waals surface area contributed by atoms with Crippen LogP contribution in [-0.2, 0) is 16.6 Å². The van der Waals surface area contributed by atoms with Crippen molar-refractivity contribution in [1.29, 1.82) is 0 Å². The summed E-state index contributed by atoms with van der Waals surface area (Å²) in [5, 5.41) is 3.03. The highest BCUT2D eigenvalue weighted by Crippen LogP contribution is 2.29. The van der Waals surface area contributed by atoms with E-state index in [9.17, 15) is 13.2 Å². The number of sulfonamides is 1. The lowest BCUT2D eigenvalue weighted by Gasteiger charge is -2.13. The van der Waals surface area contributed by atoms with Crippen molar-refractivity contribution in [1.82, 2.24) is 4.57 Å². The molecule has 0 radical (unpaired) electrons. The molecule has 0 unspecified atom stereocenters. The number of aromatic nitrogens is 1. The molecule has 1 amide bonds. The monoisotopic (exact) mass is 465 g/mol. The number of benzene rings is 2. The summed E-state index contributed by atoms with van der Waals surface area (Å²) >= 11 is 12.2. The van der Waals surface area contributed by atoms with E-state index >= 15 is 0 Å². The van der Waals surface area contributed by atoms with Gasteiger partial charge in [0.1, 0.15) is 4.90 Å². The molecule has 0 atom stereocenters. The average Bonchev–Trinajstić information content (AvgIpc) is 2.98. The van der Waals surface area contributed by atoms with Crippen LogP contribution in [0.1, 0.15) is 28.7 Å². The summed E-state index contributed by atoms with van der Waals surface area (Å²) in [5.74, 6) is -0.326. The summed E-state index contributed by atoms with van der Waals surface area (Å²) < 4.78 is 30.2. The van der Waals surface area contributed by atoms with Crippen LogP contribution >= 0.6 is 23.2 Å². The molecule has 2 N–H and O–H groups in total. The predicted molar refractivity (Wildman–Crippen MR) is 121 cm³/mol. The maximum atomic E-state index is 12.9. The van der Waals surface area contributed by atoms with Crippen LogP contribution in [0.2, 0.25) is 10.0 Å². The molecule has 3 rings (SSSR count). The zero-order valence-electron chi connectivity index (χ0n) is 16.7. The number of nitrogens with one attached hydrogen (secondary N) is 2. The standard InChI is InChI=1S/C21H21Cl2N3O3S/c1-4-26-13(2)11-16(14(26)3)21(27)24-15-9-10-18(23)20(12-15)30(28,29)25-19-8-6-5-7-17(19)22/h5-12,25H,4H2,1-3H3,(H,24,27). The second-order valence-electron chi connectivity index (χ2n) is 6.71. The maximum absolute atomic E-state index is 12.9. The molecule has 0 bridgehead atoms.